The van der Waals surface area contributed by atoms with Crippen LogP contribution < -0.4 is 19.5 Å². The molecule has 1 fully saturated rings. The molecule has 5 rings (SSSR count). The van der Waals surface area contributed by atoms with Gasteiger partial charge in [0.1, 0.15) is 0 Å². The van der Waals surface area contributed by atoms with E-state index in [2.05, 4.69) is 52.8 Å². The summed E-state index contributed by atoms with van der Waals surface area (Å²) in [4.78, 5) is 5.40. The van der Waals surface area contributed by atoms with Crippen molar-refractivity contribution in [2.24, 2.45) is 5.92 Å². The highest BCUT2D eigenvalue weighted by atomic mass is 32.1. The van der Waals surface area contributed by atoms with Crippen LogP contribution in [0.1, 0.15) is 37.2 Å². The van der Waals surface area contributed by atoms with E-state index < -0.39 is 0 Å². The van der Waals surface area contributed by atoms with Gasteiger partial charge in [-0.3, -0.25) is 0 Å². The van der Waals surface area contributed by atoms with Crippen LogP contribution in [0.5, 0.6) is 16.7 Å². The Morgan fingerprint density at radius 2 is 1.93 bits per heavy atom. The van der Waals surface area contributed by atoms with Gasteiger partial charge in [0, 0.05) is 18.4 Å². The second-order valence-corrected chi connectivity index (χ2v) is 8.98. The number of methoxy groups -OCH3 is 1. The van der Waals surface area contributed by atoms with Crippen LogP contribution in [0, 0.1) is 5.92 Å². The minimum absolute atomic E-state index is 0.342. The number of anilines is 1. The lowest BCUT2D eigenvalue weighted by Crippen LogP contribution is -2.20. The van der Waals surface area contributed by atoms with E-state index in [1.54, 1.807) is 18.4 Å². The quantitative estimate of drug-likeness (QED) is 0.533. The summed E-state index contributed by atoms with van der Waals surface area (Å²) in [7, 11) is 1.65. The van der Waals surface area contributed by atoms with Crippen LogP contribution in [0.2, 0.25) is 0 Å². The van der Waals surface area contributed by atoms with Crippen molar-refractivity contribution in [3.63, 3.8) is 0 Å². The molecule has 1 aliphatic heterocycles. The average molecular weight is 423 g/mol. The molecule has 0 bridgehead atoms. The number of ether oxygens (including phenoxy) is 3. The maximum atomic E-state index is 5.55. The first-order valence-electron chi connectivity index (χ1n) is 10.5. The third kappa shape index (κ3) is 4.10. The van der Waals surface area contributed by atoms with Gasteiger partial charge in [0.15, 0.2) is 11.5 Å². The highest BCUT2D eigenvalue weighted by Gasteiger charge is 2.24. The van der Waals surface area contributed by atoms with Gasteiger partial charge in [-0.1, -0.05) is 29.5 Å². The Hall–Kier alpha value is -2.73. The van der Waals surface area contributed by atoms with Crippen LogP contribution in [0.25, 0.3) is 10.4 Å². The number of nitrogens with zero attached hydrogens (tertiary/aromatic N) is 1. The predicted molar refractivity (Wildman–Crippen MR) is 120 cm³/mol. The fourth-order valence-corrected chi connectivity index (χ4v) is 5.12. The number of rotatable bonds is 6. The molecular weight excluding hydrogens is 396 g/mol. The zero-order chi connectivity index (χ0) is 20.3. The van der Waals surface area contributed by atoms with E-state index in [4.69, 9.17) is 14.2 Å². The van der Waals surface area contributed by atoms with Gasteiger partial charge in [-0.15, -0.1) is 0 Å². The predicted octanol–water partition coefficient (Wildman–Crippen LogP) is 5.93. The van der Waals surface area contributed by atoms with Crippen molar-refractivity contribution in [1.82, 2.24) is 4.98 Å². The van der Waals surface area contributed by atoms with Crippen molar-refractivity contribution in [3.05, 3.63) is 54.2 Å². The van der Waals surface area contributed by atoms with Crippen molar-refractivity contribution in [2.45, 2.75) is 31.6 Å². The van der Waals surface area contributed by atoms with E-state index in [1.165, 1.54) is 36.8 Å². The minimum Gasteiger partial charge on any atom is -0.473 e. The lowest BCUT2D eigenvalue weighted by Gasteiger charge is -2.29. The number of hydrogen-bond acceptors (Lipinski definition) is 6. The van der Waals surface area contributed by atoms with E-state index in [-0.39, 0.29) is 0 Å². The molecule has 0 radical (unpaired) electrons. The SMILES string of the molecule is COc1ncc(-c2cccc(NC[C@H]3CC[C@H](c4ccc5c(c4)OCO5)CC3)c2)s1. The summed E-state index contributed by atoms with van der Waals surface area (Å²) in [5, 5.41) is 4.35. The second kappa shape index (κ2) is 8.56. The molecule has 156 valence electrons. The Kier molecular flexibility index (Phi) is 5.49. The van der Waals surface area contributed by atoms with Gasteiger partial charge in [-0.05, 0) is 72.9 Å². The van der Waals surface area contributed by atoms with Crippen LogP contribution in [0.4, 0.5) is 5.69 Å². The molecule has 3 aromatic rings. The Morgan fingerprint density at radius 1 is 1.07 bits per heavy atom. The molecule has 1 N–H and O–H groups in total. The Bertz CT molecular complexity index is 1010. The normalized spacial score (nSPS) is 20.2. The monoisotopic (exact) mass is 422 g/mol. The van der Waals surface area contributed by atoms with Crippen LogP contribution in [-0.2, 0) is 0 Å². The van der Waals surface area contributed by atoms with E-state index in [1.807, 2.05) is 6.20 Å². The number of fused-ring (bicyclic) bond motifs is 1. The molecule has 30 heavy (non-hydrogen) atoms. The largest absolute Gasteiger partial charge is 0.473 e. The van der Waals surface area contributed by atoms with Crippen molar-refractivity contribution in [1.29, 1.82) is 0 Å². The molecule has 5 nitrogen and oxygen atoms in total. The fraction of sp³-hybridized carbons (Fsp3) is 0.375. The Balaban J connectivity index is 1.15. The molecule has 0 amide bonds. The summed E-state index contributed by atoms with van der Waals surface area (Å²) in [6.07, 6.45) is 6.83. The second-order valence-electron chi connectivity index (χ2n) is 7.99. The zero-order valence-electron chi connectivity index (χ0n) is 17.1. The minimum atomic E-state index is 0.342. The Morgan fingerprint density at radius 3 is 2.77 bits per heavy atom. The summed E-state index contributed by atoms with van der Waals surface area (Å²) < 4.78 is 16.2. The number of thiazole rings is 1. The van der Waals surface area contributed by atoms with Crippen LogP contribution in [0.15, 0.2) is 48.7 Å². The van der Waals surface area contributed by atoms with Gasteiger partial charge < -0.3 is 19.5 Å². The van der Waals surface area contributed by atoms with E-state index in [0.717, 1.165) is 28.6 Å². The summed E-state index contributed by atoms with van der Waals surface area (Å²) in [6.45, 7) is 1.36. The molecule has 2 heterocycles. The van der Waals surface area contributed by atoms with E-state index >= 15 is 0 Å². The third-order valence-corrected chi connectivity index (χ3v) is 7.12. The molecule has 0 atom stereocenters. The number of hydrogen-bond donors (Lipinski definition) is 1. The van der Waals surface area contributed by atoms with Gasteiger partial charge in [0.2, 0.25) is 6.79 Å². The van der Waals surface area contributed by atoms with Crippen molar-refractivity contribution < 1.29 is 14.2 Å². The number of aromatic nitrogens is 1. The molecule has 0 unspecified atom stereocenters. The van der Waals surface area contributed by atoms with Crippen LogP contribution >= 0.6 is 11.3 Å². The molecule has 0 spiro atoms. The topological polar surface area (TPSA) is 52.6 Å². The van der Waals surface area contributed by atoms with Gasteiger partial charge >= 0.3 is 0 Å². The van der Waals surface area contributed by atoms with Crippen LogP contribution in [-0.4, -0.2) is 25.4 Å². The summed E-state index contributed by atoms with van der Waals surface area (Å²) >= 11 is 1.57. The molecule has 1 saturated carbocycles. The van der Waals surface area contributed by atoms with Gasteiger partial charge in [-0.25, -0.2) is 4.98 Å². The van der Waals surface area contributed by atoms with Crippen molar-refractivity contribution >= 4 is 17.0 Å². The molecule has 1 aromatic heterocycles. The first kappa shape index (κ1) is 19.2. The zero-order valence-corrected chi connectivity index (χ0v) is 17.9. The lowest BCUT2D eigenvalue weighted by molar-refractivity contribution is 0.174. The molecule has 6 heteroatoms. The average Bonchev–Trinajstić information content (AvgIpc) is 3.47. The van der Waals surface area contributed by atoms with E-state index in [0.29, 0.717) is 23.8 Å². The Labute approximate surface area is 181 Å². The van der Waals surface area contributed by atoms with Gasteiger partial charge in [0.05, 0.1) is 12.0 Å². The fourth-order valence-electron chi connectivity index (χ4n) is 4.40. The smallest absolute Gasteiger partial charge is 0.273 e. The highest BCUT2D eigenvalue weighted by Crippen LogP contribution is 2.40. The maximum Gasteiger partial charge on any atom is 0.273 e. The van der Waals surface area contributed by atoms with E-state index in [9.17, 15) is 0 Å². The maximum absolute atomic E-state index is 5.55. The third-order valence-electron chi connectivity index (χ3n) is 6.12. The summed E-state index contributed by atoms with van der Waals surface area (Å²) in [6, 6.07) is 15.0. The first-order valence-corrected chi connectivity index (χ1v) is 11.3. The summed E-state index contributed by atoms with van der Waals surface area (Å²) in [5.41, 5.74) is 3.73. The molecular formula is C24H26N2O3S. The lowest BCUT2D eigenvalue weighted by atomic mass is 9.78. The molecule has 2 aromatic carbocycles. The first-order chi connectivity index (χ1) is 14.8. The van der Waals surface area contributed by atoms with Crippen molar-refractivity contribution in [2.75, 3.05) is 25.8 Å². The molecule has 2 aliphatic rings. The highest BCUT2D eigenvalue weighted by molar-refractivity contribution is 7.16. The standard InChI is InChI=1S/C24H26N2O3S/c1-27-24-26-14-23(30-24)19-3-2-4-20(11-19)25-13-16-5-7-17(8-6-16)18-9-10-21-22(12-18)29-15-28-21/h2-4,9-12,14,16-17,25H,5-8,13,15H2,1H3/t16-,17-. The number of nitrogens with one attached hydrogen (secondary N) is 1. The summed E-state index contributed by atoms with van der Waals surface area (Å²) in [5.74, 6) is 3.10. The van der Waals surface area contributed by atoms with Crippen molar-refractivity contribution in [3.8, 4) is 27.1 Å². The van der Waals surface area contributed by atoms with Gasteiger partial charge in [-0.2, -0.15) is 0 Å². The number of benzene rings is 2. The molecule has 1 aliphatic carbocycles. The van der Waals surface area contributed by atoms with Crippen LogP contribution in [0.3, 0.4) is 0 Å². The molecule has 0 saturated heterocycles. The van der Waals surface area contributed by atoms with Gasteiger partial charge in [0.25, 0.3) is 5.19 Å².